The van der Waals surface area contributed by atoms with E-state index in [1.54, 1.807) is 6.26 Å². The maximum absolute atomic E-state index is 13.5. The fourth-order valence-corrected chi connectivity index (χ4v) is 9.37. The van der Waals surface area contributed by atoms with E-state index in [1.807, 2.05) is 39.0 Å². The molecule has 3 unspecified atom stereocenters. The van der Waals surface area contributed by atoms with Crippen LogP contribution in [0.2, 0.25) is 0 Å². The van der Waals surface area contributed by atoms with Gasteiger partial charge in [0.05, 0.1) is 47.6 Å². The molecule has 6 aliphatic rings. The summed E-state index contributed by atoms with van der Waals surface area (Å²) in [6, 6.07) is 0. The summed E-state index contributed by atoms with van der Waals surface area (Å²) >= 11 is 0. The number of hydrogen-bond acceptors (Lipinski definition) is 9. The van der Waals surface area contributed by atoms with Crippen molar-refractivity contribution in [2.45, 2.75) is 139 Å². The molecular formula is C51H68FeN4O5+3. The molecule has 0 spiro atoms. The second-order valence-electron chi connectivity index (χ2n) is 18.5. The van der Waals surface area contributed by atoms with Crippen LogP contribution in [0, 0.1) is 35.5 Å². The van der Waals surface area contributed by atoms with Crippen molar-refractivity contribution in [2.24, 2.45) is 50.5 Å². The summed E-state index contributed by atoms with van der Waals surface area (Å²) in [5.74, 6) is -0.0105. The number of allylic oxidation sites excluding steroid dienone is 12. The Balaban J connectivity index is 0.00000704. The first-order valence-corrected chi connectivity index (χ1v) is 22.6. The first-order chi connectivity index (χ1) is 28.7. The van der Waals surface area contributed by atoms with E-state index in [9.17, 15) is 14.7 Å². The van der Waals surface area contributed by atoms with Crippen molar-refractivity contribution in [3.05, 3.63) is 104 Å². The van der Waals surface area contributed by atoms with Crippen LogP contribution in [0.5, 0.6) is 0 Å². The van der Waals surface area contributed by atoms with Gasteiger partial charge < -0.3 is 19.9 Å². The molecule has 5 atom stereocenters. The summed E-state index contributed by atoms with van der Waals surface area (Å²) < 4.78 is 11.0. The van der Waals surface area contributed by atoms with Gasteiger partial charge in [-0.2, -0.15) is 0 Å². The van der Waals surface area contributed by atoms with Crippen molar-refractivity contribution in [1.29, 1.82) is 0 Å². The van der Waals surface area contributed by atoms with Crippen LogP contribution in [0.15, 0.2) is 119 Å². The number of ether oxygens (including phenoxy) is 2. The largest absolute Gasteiger partial charge is 3.00 e. The SMILES string of the molecule is CCC1=CC2=NC1=CC1=C(C)C3=C(O)C(C(=O)OC)C(=C4NC(=CC5=NC(=C2)C(C)=C5)[C@@H](C)[C@@H]4CCC(=O)O/C=C(\C)CCCC(C)CCCC(C)CCCC(C)C)C3=N1.[Fe+3]. The molecule has 5 heterocycles. The van der Waals surface area contributed by atoms with E-state index in [0.717, 1.165) is 87.6 Å². The van der Waals surface area contributed by atoms with Crippen LogP contribution in [-0.4, -0.2) is 41.3 Å². The number of aliphatic hydroxyl groups is 1. The molecule has 1 radical (unpaired) electrons. The Bertz CT molecular complexity index is 2130. The van der Waals surface area contributed by atoms with Crippen LogP contribution >= 0.6 is 0 Å². The molecule has 0 aromatic carbocycles. The normalized spacial score (nSPS) is 22.8. The number of esters is 2. The molecule has 61 heavy (non-hydrogen) atoms. The Labute approximate surface area is 375 Å². The molecule has 1 saturated heterocycles. The van der Waals surface area contributed by atoms with Crippen LogP contribution in [0.25, 0.3) is 0 Å². The van der Waals surface area contributed by atoms with Crippen molar-refractivity contribution in [3.8, 4) is 0 Å². The predicted octanol–water partition coefficient (Wildman–Crippen LogP) is 12.0. The van der Waals surface area contributed by atoms with E-state index in [1.165, 1.54) is 52.1 Å². The third-order valence-corrected chi connectivity index (χ3v) is 13.1. The fourth-order valence-electron chi connectivity index (χ4n) is 9.37. The maximum Gasteiger partial charge on any atom is 3.00 e. The van der Waals surface area contributed by atoms with Crippen molar-refractivity contribution >= 4 is 29.1 Å². The van der Waals surface area contributed by atoms with E-state index in [0.29, 0.717) is 34.9 Å². The summed E-state index contributed by atoms with van der Waals surface area (Å²) in [6.07, 6.45) is 24.3. The molecule has 2 N–H and O–H groups in total. The van der Waals surface area contributed by atoms with Gasteiger partial charge in [-0.05, 0) is 117 Å². The zero-order valence-electron chi connectivity index (χ0n) is 38.2. The Kier molecular flexibility index (Phi) is 16.6. The van der Waals surface area contributed by atoms with Crippen LogP contribution in [0.1, 0.15) is 139 Å². The molecule has 1 aliphatic carbocycles. The number of rotatable bonds is 18. The average Bonchev–Trinajstić information content (AvgIpc) is 3.98. The molecule has 327 valence electrons. The second-order valence-corrected chi connectivity index (χ2v) is 18.5. The van der Waals surface area contributed by atoms with E-state index in [4.69, 9.17) is 24.5 Å². The number of aliphatic imine (C=N–C) groups is 3. The zero-order chi connectivity index (χ0) is 43.2. The van der Waals surface area contributed by atoms with Gasteiger partial charge >= 0.3 is 29.0 Å². The van der Waals surface area contributed by atoms with E-state index in [2.05, 4.69) is 59.0 Å². The van der Waals surface area contributed by atoms with Crippen LogP contribution in [0.4, 0.5) is 0 Å². The quantitative estimate of drug-likeness (QED) is 0.0803. The maximum atomic E-state index is 13.5. The van der Waals surface area contributed by atoms with Crippen molar-refractivity contribution in [2.75, 3.05) is 7.11 Å². The average molecular weight is 873 g/mol. The molecule has 0 saturated carbocycles. The smallest absolute Gasteiger partial charge is 0.510 e. The van der Waals surface area contributed by atoms with Gasteiger partial charge in [-0.25, -0.2) is 15.0 Å². The van der Waals surface area contributed by atoms with Crippen LogP contribution in [-0.2, 0) is 36.1 Å². The third-order valence-electron chi connectivity index (χ3n) is 13.1. The molecule has 10 heteroatoms. The van der Waals surface area contributed by atoms with Gasteiger partial charge in [-0.15, -0.1) is 0 Å². The summed E-state index contributed by atoms with van der Waals surface area (Å²) in [4.78, 5) is 41.9. The fraction of sp³-hybridized carbons (Fsp3) is 0.549. The van der Waals surface area contributed by atoms with Crippen molar-refractivity contribution in [3.63, 3.8) is 0 Å². The van der Waals surface area contributed by atoms with Gasteiger partial charge in [0.1, 0.15) is 11.7 Å². The molecule has 0 amide bonds. The van der Waals surface area contributed by atoms with Gasteiger partial charge in [0.15, 0.2) is 0 Å². The molecule has 5 aliphatic heterocycles. The number of fused-ring (bicyclic) bond motifs is 5. The standard InChI is InChI=1S/C51H68N4O5.Fe/c1-11-36-24-38-25-40-33(7)23-37(52-40)26-41-34(8)39(21-22-44(56)60-28-32(6)20-14-19-31(5)18-13-17-30(4)16-12-15-29(2)3)48(54-41)46-47(51(58)59-10)50(57)45-35(9)42(55-49(45)46)27-43(36)53-38;/h23-31,34,39,47,54,57H,11-22H2,1-10H3;/q;+3/b32-28+,40-25?,41-26?,43-27?,48-46?;/t30?,31?,34-,39-,47?;/m0./s1. The van der Waals surface area contributed by atoms with Gasteiger partial charge in [0.25, 0.3) is 0 Å². The molecule has 9 nitrogen and oxygen atoms in total. The number of methoxy groups -OCH3 is 1. The van der Waals surface area contributed by atoms with Crippen LogP contribution < -0.4 is 5.32 Å². The summed E-state index contributed by atoms with van der Waals surface area (Å²) in [5.41, 5.74) is 11.2. The minimum Gasteiger partial charge on any atom is -0.510 e. The molecule has 0 aromatic rings. The zero-order valence-corrected chi connectivity index (χ0v) is 39.3. The summed E-state index contributed by atoms with van der Waals surface area (Å²) in [6.45, 7) is 19.6. The second kappa shape index (κ2) is 21.2. The van der Waals surface area contributed by atoms with Crippen LogP contribution in [0.3, 0.4) is 0 Å². The monoisotopic (exact) mass is 872 g/mol. The number of aliphatic hydroxyl groups excluding tert-OH is 1. The van der Waals surface area contributed by atoms with Gasteiger partial charge in [-0.3, -0.25) is 9.59 Å². The molecule has 1 fully saturated rings. The van der Waals surface area contributed by atoms with E-state index in [-0.39, 0.29) is 47.1 Å². The third kappa shape index (κ3) is 11.2. The van der Waals surface area contributed by atoms with Gasteiger partial charge in [-0.1, -0.05) is 86.5 Å². The number of hydrogen-bond donors (Lipinski definition) is 2. The number of carbonyl (C=O) groups is 2. The minimum absolute atomic E-state index is 0. The van der Waals surface area contributed by atoms with Gasteiger partial charge in [0.2, 0.25) is 0 Å². The molecule has 8 bridgehead atoms. The number of carbonyl (C=O) groups excluding carboxylic acids is 2. The van der Waals surface area contributed by atoms with E-state index < -0.39 is 11.9 Å². The van der Waals surface area contributed by atoms with E-state index >= 15 is 0 Å². The Morgan fingerprint density at radius 2 is 1.52 bits per heavy atom. The Morgan fingerprint density at radius 1 is 0.869 bits per heavy atom. The summed E-state index contributed by atoms with van der Waals surface area (Å²) in [7, 11) is 1.33. The number of nitrogens with one attached hydrogen (secondary N) is 1. The topological polar surface area (TPSA) is 122 Å². The molecule has 6 rings (SSSR count). The molecule has 0 aromatic heterocycles. The summed E-state index contributed by atoms with van der Waals surface area (Å²) in [5, 5.41) is 15.5. The molecular weight excluding hydrogens is 804 g/mol. The first kappa shape index (κ1) is 47.8. The van der Waals surface area contributed by atoms with Gasteiger partial charge in [0, 0.05) is 40.8 Å². The number of nitrogens with zero attached hydrogens (tertiary/aromatic N) is 3. The minimum atomic E-state index is -1.06. The van der Waals surface area contributed by atoms with Crippen molar-refractivity contribution in [1.82, 2.24) is 5.32 Å². The predicted molar refractivity (Wildman–Crippen MR) is 243 cm³/mol. The Hall–Kier alpha value is -4.27. The van der Waals surface area contributed by atoms with Crippen molar-refractivity contribution < 1.29 is 41.2 Å². The first-order valence-electron chi connectivity index (χ1n) is 22.6. The Morgan fingerprint density at radius 3 is 2.20 bits per heavy atom.